The van der Waals surface area contributed by atoms with Crippen LogP contribution in [0, 0.1) is 0 Å². The Kier molecular flexibility index (Phi) is 3.34. The van der Waals surface area contributed by atoms with Crippen LogP contribution in [-0.2, 0) is 9.47 Å². The lowest BCUT2D eigenvalue weighted by molar-refractivity contribution is -0.103. The maximum atomic E-state index is 12.2. The van der Waals surface area contributed by atoms with Crippen LogP contribution >= 0.6 is 0 Å². The average Bonchev–Trinajstić information content (AvgIpc) is 2.52. The number of hydrogen-bond acceptors (Lipinski definition) is 3. The lowest BCUT2D eigenvalue weighted by atomic mass is 9.89. The summed E-state index contributed by atoms with van der Waals surface area (Å²) in [5, 5.41) is 0. The van der Waals surface area contributed by atoms with Crippen molar-refractivity contribution in [2.45, 2.75) is 64.1 Å². The van der Waals surface area contributed by atoms with Gasteiger partial charge in [-0.25, -0.2) is 4.79 Å². The maximum absolute atomic E-state index is 12.2. The Hall–Kier alpha value is -0.770. The predicted molar refractivity (Wildman–Crippen MR) is 64.7 cm³/mol. The molecule has 0 atom stereocenters. The normalized spacial score (nSPS) is 26.2. The van der Waals surface area contributed by atoms with Gasteiger partial charge in [0.25, 0.3) is 0 Å². The summed E-state index contributed by atoms with van der Waals surface area (Å²) in [6.07, 6.45) is 5.15. The van der Waals surface area contributed by atoms with E-state index in [0.717, 1.165) is 25.7 Å². The first-order chi connectivity index (χ1) is 8.02. The summed E-state index contributed by atoms with van der Waals surface area (Å²) in [6, 6.07) is 0. The van der Waals surface area contributed by atoms with Gasteiger partial charge in [-0.15, -0.1) is 0 Å². The molecule has 1 saturated heterocycles. The van der Waals surface area contributed by atoms with E-state index in [0.29, 0.717) is 13.2 Å². The van der Waals surface area contributed by atoms with E-state index in [-0.39, 0.29) is 11.6 Å². The van der Waals surface area contributed by atoms with Crippen molar-refractivity contribution in [1.29, 1.82) is 0 Å². The van der Waals surface area contributed by atoms with Crippen molar-refractivity contribution in [2.24, 2.45) is 0 Å². The molecule has 0 radical (unpaired) electrons. The highest BCUT2D eigenvalue weighted by atomic mass is 16.6. The Bertz CT molecular complexity index is 295. The first-order valence-corrected chi connectivity index (χ1v) is 6.63. The molecule has 17 heavy (non-hydrogen) atoms. The smallest absolute Gasteiger partial charge is 0.412 e. The monoisotopic (exact) mass is 241 g/mol. The average molecular weight is 241 g/mol. The molecule has 0 aromatic heterocycles. The molecular formula is C13H23NO3. The third kappa shape index (κ3) is 2.15. The van der Waals surface area contributed by atoms with Crippen molar-refractivity contribution >= 4 is 6.09 Å². The van der Waals surface area contributed by atoms with E-state index in [1.807, 2.05) is 25.7 Å². The van der Waals surface area contributed by atoms with Crippen LogP contribution in [-0.4, -0.2) is 35.5 Å². The molecule has 4 nitrogen and oxygen atoms in total. The SMILES string of the molecule is CCOC(=O)N1C(C)(C)COC12CCCCC2. The van der Waals surface area contributed by atoms with Gasteiger partial charge in [-0.05, 0) is 46.5 Å². The van der Waals surface area contributed by atoms with Gasteiger partial charge in [0.05, 0.1) is 18.8 Å². The van der Waals surface area contributed by atoms with Crippen molar-refractivity contribution < 1.29 is 14.3 Å². The first kappa shape index (κ1) is 12.7. The number of hydrogen-bond donors (Lipinski definition) is 0. The molecule has 1 aliphatic carbocycles. The molecule has 0 aromatic rings. The molecule has 0 aromatic carbocycles. The van der Waals surface area contributed by atoms with Crippen molar-refractivity contribution in [3.8, 4) is 0 Å². The van der Waals surface area contributed by atoms with E-state index < -0.39 is 5.72 Å². The molecule has 2 fully saturated rings. The molecule has 1 aliphatic heterocycles. The van der Waals surface area contributed by atoms with Crippen LogP contribution in [0.25, 0.3) is 0 Å². The summed E-state index contributed by atoms with van der Waals surface area (Å²) in [7, 11) is 0. The third-order valence-electron chi connectivity index (χ3n) is 3.79. The minimum absolute atomic E-state index is 0.225. The van der Waals surface area contributed by atoms with E-state index in [1.54, 1.807) is 0 Å². The first-order valence-electron chi connectivity index (χ1n) is 6.63. The summed E-state index contributed by atoms with van der Waals surface area (Å²) < 4.78 is 11.2. The third-order valence-corrected chi connectivity index (χ3v) is 3.79. The number of ether oxygens (including phenoxy) is 2. The number of amides is 1. The zero-order chi connectivity index (χ0) is 12.5. The van der Waals surface area contributed by atoms with Gasteiger partial charge in [0.1, 0.15) is 5.72 Å². The molecule has 2 aliphatic rings. The largest absolute Gasteiger partial charge is 0.450 e. The van der Waals surface area contributed by atoms with Crippen LogP contribution in [0.1, 0.15) is 52.9 Å². The number of carbonyl (C=O) groups is 1. The van der Waals surface area contributed by atoms with Crippen LogP contribution in [0.3, 0.4) is 0 Å². The second-order valence-corrected chi connectivity index (χ2v) is 5.64. The molecule has 1 saturated carbocycles. The number of nitrogens with zero attached hydrogens (tertiary/aromatic N) is 1. The van der Waals surface area contributed by atoms with E-state index >= 15 is 0 Å². The van der Waals surface area contributed by atoms with Gasteiger partial charge in [-0.1, -0.05) is 6.42 Å². The van der Waals surface area contributed by atoms with Gasteiger partial charge in [0.2, 0.25) is 0 Å². The fourth-order valence-corrected chi connectivity index (χ4v) is 3.07. The second-order valence-electron chi connectivity index (χ2n) is 5.64. The minimum atomic E-state index is -0.395. The van der Waals surface area contributed by atoms with Crippen LogP contribution < -0.4 is 0 Å². The number of carbonyl (C=O) groups excluding carboxylic acids is 1. The van der Waals surface area contributed by atoms with Crippen LogP contribution in [0.15, 0.2) is 0 Å². The van der Waals surface area contributed by atoms with E-state index in [1.165, 1.54) is 6.42 Å². The summed E-state index contributed by atoms with van der Waals surface area (Å²) in [5.74, 6) is 0. The molecule has 0 unspecified atom stereocenters. The van der Waals surface area contributed by atoms with Gasteiger partial charge in [-0.3, -0.25) is 4.90 Å². The maximum Gasteiger partial charge on any atom is 0.412 e. The van der Waals surface area contributed by atoms with Gasteiger partial charge in [-0.2, -0.15) is 0 Å². The highest BCUT2D eigenvalue weighted by Gasteiger charge is 2.54. The molecule has 98 valence electrons. The second kappa shape index (κ2) is 4.48. The highest BCUT2D eigenvalue weighted by molar-refractivity contribution is 5.70. The Morgan fingerprint density at radius 2 is 1.94 bits per heavy atom. The van der Waals surface area contributed by atoms with Gasteiger partial charge < -0.3 is 9.47 Å². The van der Waals surface area contributed by atoms with E-state index in [2.05, 4.69) is 0 Å². The summed E-state index contributed by atoms with van der Waals surface area (Å²) in [5.41, 5.74) is -0.655. The Morgan fingerprint density at radius 1 is 1.29 bits per heavy atom. The standard InChI is InChI=1S/C13H23NO3/c1-4-16-11(15)14-12(2,3)10-17-13(14)8-6-5-7-9-13/h4-10H2,1-3H3. The molecule has 1 heterocycles. The zero-order valence-electron chi connectivity index (χ0n) is 11.1. The lowest BCUT2D eigenvalue weighted by Crippen LogP contribution is -2.56. The van der Waals surface area contributed by atoms with Crippen LogP contribution in [0.4, 0.5) is 4.79 Å². The van der Waals surface area contributed by atoms with Gasteiger partial charge >= 0.3 is 6.09 Å². The fraction of sp³-hybridized carbons (Fsp3) is 0.923. The van der Waals surface area contributed by atoms with Crippen LogP contribution in [0.5, 0.6) is 0 Å². The van der Waals surface area contributed by atoms with Gasteiger partial charge in [0.15, 0.2) is 0 Å². The van der Waals surface area contributed by atoms with E-state index in [9.17, 15) is 4.79 Å². The lowest BCUT2D eigenvalue weighted by Gasteiger charge is -2.43. The summed E-state index contributed by atoms with van der Waals surface area (Å²) in [6.45, 7) is 6.96. The molecule has 0 N–H and O–H groups in total. The molecule has 2 rings (SSSR count). The molecule has 0 bridgehead atoms. The van der Waals surface area contributed by atoms with Crippen molar-refractivity contribution in [2.75, 3.05) is 13.2 Å². The summed E-state index contributed by atoms with van der Waals surface area (Å²) in [4.78, 5) is 14.0. The zero-order valence-corrected chi connectivity index (χ0v) is 11.1. The van der Waals surface area contributed by atoms with Crippen molar-refractivity contribution in [3.63, 3.8) is 0 Å². The fourth-order valence-electron chi connectivity index (χ4n) is 3.07. The van der Waals surface area contributed by atoms with Crippen molar-refractivity contribution in [1.82, 2.24) is 4.90 Å². The predicted octanol–water partition coefficient (Wildman–Crippen LogP) is 2.91. The molecule has 4 heteroatoms. The van der Waals surface area contributed by atoms with Crippen LogP contribution in [0.2, 0.25) is 0 Å². The quantitative estimate of drug-likeness (QED) is 0.708. The van der Waals surface area contributed by atoms with E-state index in [4.69, 9.17) is 9.47 Å². The molecule has 1 amide bonds. The minimum Gasteiger partial charge on any atom is -0.450 e. The number of rotatable bonds is 1. The Labute approximate surface area is 103 Å². The van der Waals surface area contributed by atoms with Crippen molar-refractivity contribution in [3.05, 3.63) is 0 Å². The summed E-state index contributed by atoms with van der Waals surface area (Å²) >= 11 is 0. The van der Waals surface area contributed by atoms with Gasteiger partial charge in [0, 0.05) is 0 Å². The topological polar surface area (TPSA) is 38.8 Å². The molecule has 1 spiro atoms. The Balaban J connectivity index is 2.23. The Morgan fingerprint density at radius 3 is 2.53 bits per heavy atom. The highest BCUT2D eigenvalue weighted by Crippen LogP contribution is 2.44. The molecular weight excluding hydrogens is 218 g/mol.